The number of hydrogen-bond acceptors (Lipinski definition) is 0. The fourth-order valence-corrected chi connectivity index (χ4v) is 5.98. The molecule has 37 heavy (non-hydrogen) atoms. The van der Waals surface area contributed by atoms with Crippen LogP contribution in [0.4, 0.5) is 0 Å². The molecule has 0 aromatic heterocycles. The van der Waals surface area contributed by atoms with Gasteiger partial charge in [0.05, 0.1) is 0 Å². The molecule has 0 fully saturated rings. The van der Waals surface area contributed by atoms with Gasteiger partial charge < -0.3 is 0 Å². The van der Waals surface area contributed by atoms with Gasteiger partial charge >= 0.3 is 0 Å². The van der Waals surface area contributed by atoms with Crippen LogP contribution in [0.5, 0.6) is 0 Å². The number of benzene rings is 4. The average Bonchev–Trinajstić information content (AvgIpc) is 2.92. The van der Waals surface area contributed by atoms with E-state index < -0.39 is 0 Å². The zero-order valence-electron chi connectivity index (χ0n) is 23.7. The minimum atomic E-state index is 0. The molecule has 0 nitrogen and oxygen atoms in total. The smallest absolute Gasteiger partial charge is 0 e. The molecule has 0 unspecified atom stereocenters. The summed E-state index contributed by atoms with van der Waals surface area (Å²) in [4.78, 5) is 0. The van der Waals surface area contributed by atoms with Crippen LogP contribution in [0, 0.1) is 0 Å². The van der Waals surface area contributed by atoms with Crippen molar-refractivity contribution in [2.45, 2.75) is 0 Å². The van der Waals surface area contributed by atoms with Crippen molar-refractivity contribution in [1.29, 1.82) is 0 Å². The van der Waals surface area contributed by atoms with E-state index in [-0.39, 0.29) is 51.2 Å². The van der Waals surface area contributed by atoms with Crippen LogP contribution in [0.1, 0.15) is 0 Å². The van der Waals surface area contributed by atoms with E-state index in [9.17, 15) is 0 Å². The maximum absolute atomic E-state index is 2.27. The molecule has 0 aliphatic carbocycles. The Morgan fingerprint density at radius 3 is 0.486 bits per heavy atom. The Kier molecular flexibility index (Phi) is 21.6. The van der Waals surface area contributed by atoms with E-state index >= 15 is 0 Å². The first-order chi connectivity index (χ1) is 17.2. The Hall–Kier alpha value is -0.777. The molecule has 4 rings (SSSR count). The molecule has 0 saturated carbocycles. The first-order valence-electron chi connectivity index (χ1n) is 12.1. The van der Waals surface area contributed by atoms with Crippen molar-refractivity contribution in [3.8, 4) is 0 Å². The van der Waals surface area contributed by atoms with Gasteiger partial charge in [-0.25, -0.2) is 0 Å². The van der Waals surface area contributed by atoms with Gasteiger partial charge in [-0.05, 0) is 74.5 Å². The van der Waals surface area contributed by atoms with Crippen molar-refractivity contribution < 1.29 is 19.5 Å². The molecule has 0 aliphatic rings. The molecule has 0 heterocycles. The maximum atomic E-state index is 2.27. The summed E-state index contributed by atoms with van der Waals surface area (Å²) in [6, 6.07) is 42.5. The van der Waals surface area contributed by atoms with Gasteiger partial charge in [-0.1, -0.05) is 153 Å². The van der Waals surface area contributed by atoms with Crippen LogP contribution in [0.3, 0.4) is 0 Å². The third-order valence-corrected chi connectivity index (χ3v) is 10.4. The Morgan fingerprint density at radius 1 is 0.270 bits per heavy atom. The van der Waals surface area contributed by atoms with Gasteiger partial charge in [0.15, 0.2) is 0 Å². The summed E-state index contributed by atoms with van der Waals surface area (Å²) in [7, 11) is 0.418. The van der Waals surface area contributed by atoms with Gasteiger partial charge in [-0.15, -0.1) is 0 Å². The summed E-state index contributed by atoms with van der Waals surface area (Å²) in [5.41, 5.74) is 0. The molecule has 0 saturated heterocycles. The van der Waals surface area contributed by atoms with Crippen molar-refractivity contribution >= 4 is 52.9 Å². The summed E-state index contributed by atoms with van der Waals surface area (Å²) in [6.07, 6.45) is 0. The predicted octanol–water partition coefficient (Wildman–Crippen LogP) is 8.21. The Labute approximate surface area is 245 Å². The van der Waals surface area contributed by atoms with Crippen molar-refractivity contribution in [1.82, 2.24) is 0 Å². The molecule has 4 aromatic carbocycles. The van der Waals surface area contributed by atoms with Gasteiger partial charge in [0.2, 0.25) is 0 Å². The molecule has 200 valence electrons. The first-order valence-corrected chi connectivity index (χ1v) is 21.1. The second-order valence-corrected chi connectivity index (χ2v) is 18.1. The van der Waals surface area contributed by atoms with Crippen LogP contribution >= 0.6 is 31.7 Å². The monoisotopic (exact) mass is 654 g/mol. The molecule has 0 N–H and O–H groups in total. The molecule has 0 atom stereocenters. The molecule has 0 amide bonds. The zero-order chi connectivity index (χ0) is 26.8. The van der Waals surface area contributed by atoms with Gasteiger partial charge in [-0.3, -0.25) is 0 Å². The Morgan fingerprint density at radius 2 is 0.405 bits per heavy atom. The first kappa shape index (κ1) is 36.2. The molecule has 4 aromatic rings. The fourth-order valence-electron chi connectivity index (χ4n) is 2.90. The van der Waals surface area contributed by atoms with Crippen molar-refractivity contribution in [2.24, 2.45) is 0 Å². The van der Waals surface area contributed by atoms with Crippen LogP contribution < -0.4 is 21.2 Å². The zero-order valence-corrected chi connectivity index (χ0v) is 29.0. The average molecular weight is 654 g/mol. The largest absolute Gasteiger partial charge is 0.0817 e. The minimum Gasteiger partial charge on any atom is -0.0817 e. The molecular formula is C32H44P4Ru. The third kappa shape index (κ3) is 17.4. The maximum Gasteiger partial charge on any atom is 0 e. The quantitative estimate of drug-likeness (QED) is 0.154. The van der Waals surface area contributed by atoms with Crippen LogP contribution in [0.15, 0.2) is 121 Å². The van der Waals surface area contributed by atoms with Crippen molar-refractivity contribution in [3.05, 3.63) is 121 Å². The second-order valence-electron chi connectivity index (χ2n) is 8.92. The van der Waals surface area contributed by atoms with E-state index in [0.29, 0.717) is 0 Å². The van der Waals surface area contributed by atoms with Crippen LogP contribution in [-0.2, 0) is 19.5 Å². The van der Waals surface area contributed by atoms with E-state index in [0.717, 1.165) is 0 Å². The van der Waals surface area contributed by atoms with Gasteiger partial charge in [0.1, 0.15) is 0 Å². The molecule has 0 aliphatic heterocycles. The Bertz CT molecular complexity index is 849. The molecule has 0 spiro atoms. The second kappa shape index (κ2) is 22.1. The summed E-state index contributed by atoms with van der Waals surface area (Å²) >= 11 is 0. The summed E-state index contributed by atoms with van der Waals surface area (Å²) < 4.78 is 0. The van der Waals surface area contributed by atoms with E-state index in [1.54, 1.807) is 0 Å². The van der Waals surface area contributed by atoms with Gasteiger partial charge in [0.25, 0.3) is 0 Å². The van der Waals surface area contributed by atoms with E-state index in [1.165, 1.54) is 21.2 Å². The number of rotatable bonds is 4. The standard InChI is InChI=1S/4C8H11P.Ru/c4*1-9(2)8-6-4-3-5-7-8;/h4*3-7H,1-2H3;. The van der Waals surface area contributed by atoms with Crippen molar-refractivity contribution in [2.75, 3.05) is 53.3 Å². The topological polar surface area (TPSA) is 0 Å². The van der Waals surface area contributed by atoms with Crippen LogP contribution in [0.25, 0.3) is 0 Å². The molecule has 5 heteroatoms. The van der Waals surface area contributed by atoms with Crippen LogP contribution in [0.2, 0.25) is 0 Å². The summed E-state index contributed by atoms with van der Waals surface area (Å²) in [5, 5.41) is 5.92. The van der Waals surface area contributed by atoms with E-state index in [2.05, 4.69) is 175 Å². The molecule has 0 radical (unpaired) electrons. The summed E-state index contributed by atoms with van der Waals surface area (Å²) in [5.74, 6) is 0. The van der Waals surface area contributed by atoms with E-state index in [1.807, 2.05) is 0 Å². The van der Waals surface area contributed by atoms with E-state index in [4.69, 9.17) is 0 Å². The Balaban J connectivity index is 0.000000463. The molecule has 0 bridgehead atoms. The van der Waals surface area contributed by atoms with Gasteiger partial charge in [0, 0.05) is 19.5 Å². The normalized spacial score (nSPS) is 9.84. The SMILES string of the molecule is CP(C)c1ccccc1.CP(C)c1ccccc1.CP(C)c1ccccc1.CP(C)c1ccccc1.[Ru]. The fraction of sp³-hybridized carbons (Fsp3) is 0.250. The third-order valence-electron chi connectivity index (χ3n) is 5.09. The predicted molar refractivity (Wildman–Crippen MR) is 179 cm³/mol. The van der Waals surface area contributed by atoms with Crippen molar-refractivity contribution in [3.63, 3.8) is 0 Å². The van der Waals surface area contributed by atoms with Gasteiger partial charge in [-0.2, -0.15) is 0 Å². The molecular weight excluding hydrogens is 609 g/mol. The van der Waals surface area contributed by atoms with Crippen LogP contribution in [-0.4, -0.2) is 53.3 Å². The number of hydrogen-bond donors (Lipinski definition) is 0. The minimum absolute atomic E-state index is 0. The summed E-state index contributed by atoms with van der Waals surface area (Å²) in [6.45, 7) is 18.1.